The van der Waals surface area contributed by atoms with Gasteiger partial charge in [-0.2, -0.15) is 0 Å². The van der Waals surface area contributed by atoms with Crippen molar-refractivity contribution < 1.29 is 4.79 Å². The van der Waals surface area contributed by atoms with Crippen molar-refractivity contribution in [2.24, 2.45) is 11.8 Å². The Labute approximate surface area is 99.6 Å². The van der Waals surface area contributed by atoms with Gasteiger partial charge in [-0.05, 0) is 39.2 Å². The van der Waals surface area contributed by atoms with E-state index in [4.69, 9.17) is 0 Å². The third-order valence-corrected chi connectivity index (χ3v) is 3.11. The van der Waals surface area contributed by atoms with Crippen molar-refractivity contribution in [2.45, 2.75) is 46.6 Å². The standard InChI is InChI=1S/C13H26N2O/c1-10(2)9-15(11(3)4)13(16)12-6-5-7-14-8-12/h10-12,14H,5-9H2,1-4H3/t12-/m1/s1. The van der Waals surface area contributed by atoms with Crippen LogP contribution in [0.3, 0.4) is 0 Å². The Bertz CT molecular complexity index is 220. The summed E-state index contributed by atoms with van der Waals surface area (Å²) < 4.78 is 0. The van der Waals surface area contributed by atoms with E-state index >= 15 is 0 Å². The minimum Gasteiger partial charge on any atom is -0.340 e. The maximum absolute atomic E-state index is 12.4. The van der Waals surface area contributed by atoms with Crippen LogP contribution in [-0.2, 0) is 4.79 Å². The summed E-state index contributed by atoms with van der Waals surface area (Å²) in [6, 6.07) is 0.317. The highest BCUT2D eigenvalue weighted by Crippen LogP contribution is 2.16. The van der Waals surface area contributed by atoms with Crippen molar-refractivity contribution in [1.29, 1.82) is 0 Å². The number of carbonyl (C=O) groups is 1. The molecular weight excluding hydrogens is 200 g/mol. The Kier molecular flexibility index (Phi) is 5.26. The lowest BCUT2D eigenvalue weighted by Crippen LogP contribution is -2.47. The molecule has 0 aromatic heterocycles. The van der Waals surface area contributed by atoms with Gasteiger partial charge in [0, 0.05) is 19.1 Å². The highest BCUT2D eigenvalue weighted by molar-refractivity contribution is 5.79. The van der Waals surface area contributed by atoms with Crippen LogP contribution < -0.4 is 5.32 Å². The van der Waals surface area contributed by atoms with E-state index in [9.17, 15) is 4.79 Å². The third kappa shape index (κ3) is 3.78. The molecule has 1 saturated heterocycles. The van der Waals surface area contributed by atoms with Crippen molar-refractivity contribution in [2.75, 3.05) is 19.6 Å². The van der Waals surface area contributed by atoms with Gasteiger partial charge in [-0.1, -0.05) is 13.8 Å². The van der Waals surface area contributed by atoms with Gasteiger partial charge in [0.15, 0.2) is 0 Å². The molecule has 16 heavy (non-hydrogen) atoms. The van der Waals surface area contributed by atoms with Crippen LogP contribution in [0.5, 0.6) is 0 Å². The molecule has 1 atom stereocenters. The maximum atomic E-state index is 12.4. The molecule has 0 spiro atoms. The molecule has 1 rings (SSSR count). The average molecular weight is 226 g/mol. The highest BCUT2D eigenvalue weighted by atomic mass is 16.2. The molecule has 0 saturated carbocycles. The van der Waals surface area contributed by atoms with Gasteiger partial charge in [0.05, 0.1) is 5.92 Å². The fourth-order valence-electron chi connectivity index (χ4n) is 2.25. The van der Waals surface area contributed by atoms with Gasteiger partial charge in [0.1, 0.15) is 0 Å². The molecule has 0 unspecified atom stereocenters. The van der Waals surface area contributed by atoms with Crippen molar-refractivity contribution in [1.82, 2.24) is 10.2 Å². The van der Waals surface area contributed by atoms with Crippen LogP contribution >= 0.6 is 0 Å². The molecule has 1 fully saturated rings. The molecule has 3 heteroatoms. The number of piperidine rings is 1. The first-order chi connectivity index (χ1) is 7.52. The highest BCUT2D eigenvalue weighted by Gasteiger charge is 2.27. The smallest absolute Gasteiger partial charge is 0.227 e. The van der Waals surface area contributed by atoms with Crippen molar-refractivity contribution in [3.05, 3.63) is 0 Å². The second-order valence-corrected chi connectivity index (χ2v) is 5.52. The summed E-state index contributed by atoms with van der Waals surface area (Å²) in [5, 5.41) is 3.32. The fourth-order valence-corrected chi connectivity index (χ4v) is 2.25. The van der Waals surface area contributed by atoms with Gasteiger partial charge in [-0.25, -0.2) is 0 Å². The van der Waals surface area contributed by atoms with Crippen LogP contribution in [0.2, 0.25) is 0 Å². The Hall–Kier alpha value is -0.570. The average Bonchev–Trinajstić information content (AvgIpc) is 2.25. The van der Waals surface area contributed by atoms with Gasteiger partial charge in [-0.3, -0.25) is 4.79 Å². The lowest BCUT2D eigenvalue weighted by molar-refractivity contribution is -0.138. The van der Waals surface area contributed by atoms with Crippen LogP contribution in [0.4, 0.5) is 0 Å². The second-order valence-electron chi connectivity index (χ2n) is 5.52. The Morgan fingerprint density at radius 3 is 2.50 bits per heavy atom. The monoisotopic (exact) mass is 226 g/mol. The third-order valence-electron chi connectivity index (χ3n) is 3.11. The molecule has 0 aliphatic carbocycles. The summed E-state index contributed by atoms with van der Waals surface area (Å²) >= 11 is 0. The van der Waals surface area contributed by atoms with E-state index in [1.54, 1.807) is 0 Å². The van der Waals surface area contributed by atoms with Crippen molar-refractivity contribution in [3.63, 3.8) is 0 Å². The topological polar surface area (TPSA) is 32.3 Å². The lowest BCUT2D eigenvalue weighted by atomic mass is 9.97. The Morgan fingerprint density at radius 1 is 1.38 bits per heavy atom. The molecule has 0 aromatic rings. The quantitative estimate of drug-likeness (QED) is 0.794. The number of hydrogen-bond donors (Lipinski definition) is 1. The molecule has 0 bridgehead atoms. The molecule has 3 nitrogen and oxygen atoms in total. The van der Waals surface area contributed by atoms with E-state index in [2.05, 4.69) is 33.0 Å². The number of amides is 1. The summed E-state index contributed by atoms with van der Waals surface area (Å²) in [5.74, 6) is 1.09. The predicted octanol–water partition coefficient (Wildman–Crippen LogP) is 1.88. The summed E-state index contributed by atoms with van der Waals surface area (Å²) in [6.45, 7) is 11.4. The second kappa shape index (κ2) is 6.24. The summed E-state index contributed by atoms with van der Waals surface area (Å²) in [7, 11) is 0. The van der Waals surface area contributed by atoms with E-state index in [0.717, 1.165) is 32.5 Å². The van der Waals surface area contributed by atoms with Crippen molar-refractivity contribution >= 4 is 5.91 Å². The fraction of sp³-hybridized carbons (Fsp3) is 0.923. The first-order valence-electron chi connectivity index (χ1n) is 6.53. The van der Waals surface area contributed by atoms with Gasteiger partial charge < -0.3 is 10.2 Å². The molecule has 0 aromatic carbocycles. The largest absolute Gasteiger partial charge is 0.340 e. The number of hydrogen-bond acceptors (Lipinski definition) is 2. The van der Waals surface area contributed by atoms with Crippen LogP contribution in [-0.4, -0.2) is 36.5 Å². The zero-order chi connectivity index (χ0) is 12.1. The molecule has 1 aliphatic heterocycles. The molecule has 1 amide bonds. The molecule has 1 aliphatic rings. The lowest BCUT2D eigenvalue weighted by Gasteiger charge is -2.33. The van der Waals surface area contributed by atoms with E-state index in [1.165, 1.54) is 0 Å². The number of nitrogens with zero attached hydrogens (tertiary/aromatic N) is 1. The van der Waals surface area contributed by atoms with Gasteiger partial charge in [0.2, 0.25) is 5.91 Å². The molecular formula is C13H26N2O. The number of nitrogens with one attached hydrogen (secondary N) is 1. The van der Waals surface area contributed by atoms with Crippen LogP contribution in [0.15, 0.2) is 0 Å². The van der Waals surface area contributed by atoms with Crippen LogP contribution in [0.25, 0.3) is 0 Å². The summed E-state index contributed by atoms with van der Waals surface area (Å²) in [6.07, 6.45) is 2.18. The SMILES string of the molecule is CC(C)CN(C(=O)[C@@H]1CCCNC1)C(C)C. The van der Waals surface area contributed by atoms with E-state index in [1.807, 2.05) is 4.90 Å². The van der Waals surface area contributed by atoms with Gasteiger partial charge in [0.25, 0.3) is 0 Å². The van der Waals surface area contributed by atoms with E-state index < -0.39 is 0 Å². The number of rotatable bonds is 4. The first kappa shape index (κ1) is 13.5. The summed E-state index contributed by atoms with van der Waals surface area (Å²) in [5.41, 5.74) is 0. The Morgan fingerprint density at radius 2 is 2.06 bits per heavy atom. The zero-order valence-electron chi connectivity index (χ0n) is 11.1. The predicted molar refractivity (Wildman–Crippen MR) is 67.3 cm³/mol. The van der Waals surface area contributed by atoms with Crippen molar-refractivity contribution in [3.8, 4) is 0 Å². The molecule has 0 radical (unpaired) electrons. The number of carbonyl (C=O) groups excluding carboxylic acids is 1. The minimum absolute atomic E-state index is 0.204. The Balaban J connectivity index is 2.58. The van der Waals surface area contributed by atoms with E-state index in [-0.39, 0.29) is 5.92 Å². The van der Waals surface area contributed by atoms with Crippen LogP contribution in [0, 0.1) is 11.8 Å². The maximum Gasteiger partial charge on any atom is 0.227 e. The van der Waals surface area contributed by atoms with Crippen LogP contribution in [0.1, 0.15) is 40.5 Å². The molecule has 1 N–H and O–H groups in total. The zero-order valence-corrected chi connectivity index (χ0v) is 11.1. The molecule has 94 valence electrons. The minimum atomic E-state index is 0.204. The normalized spacial score (nSPS) is 21.5. The van der Waals surface area contributed by atoms with E-state index in [0.29, 0.717) is 17.9 Å². The summed E-state index contributed by atoms with van der Waals surface area (Å²) in [4.78, 5) is 14.4. The molecule has 1 heterocycles. The first-order valence-corrected chi connectivity index (χ1v) is 6.53. The van der Waals surface area contributed by atoms with Gasteiger partial charge in [-0.15, -0.1) is 0 Å². The van der Waals surface area contributed by atoms with Gasteiger partial charge >= 0.3 is 0 Å².